The zero-order valence-electron chi connectivity index (χ0n) is 11.1. The second-order valence-corrected chi connectivity index (χ2v) is 6.24. The van der Waals surface area contributed by atoms with Crippen molar-refractivity contribution in [2.45, 2.75) is 26.4 Å². The van der Waals surface area contributed by atoms with Gasteiger partial charge in [0.15, 0.2) is 6.10 Å². The first-order valence-electron chi connectivity index (χ1n) is 6.03. The van der Waals surface area contributed by atoms with Crippen LogP contribution in [0.3, 0.4) is 0 Å². The van der Waals surface area contributed by atoms with Gasteiger partial charge in [0.05, 0.1) is 13.2 Å². The molecule has 1 aromatic rings. The van der Waals surface area contributed by atoms with Gasteiger partial charge in [-0.1, -0.05) is 28.1 Å². The van der Waals surface area contributed by atoms with Gasteiger partial charge < -0.3 is 0 Å². The fraction of sp³-hybridized carbons (Fsp3) is 0.500. The fourth-order valence-corrected chi connectivity index (χ4v) is 3.23. The average Bonchev–Trinajstić information content (AvgIpc) is 2.36. The van der Waals surface area contributed by atoms with Gasteiger partial charge in [-0.3, -0.25) is 13.6 Å². The summed E-state index contributed by atoms with van der Waals surface area (Å²) in [5, 5.41) is 0. The maximum atomic E-state index is 13.2. The molecule has 0 unspecified atom stereocenters. The Morgan fingerprint density at radius 1 is 1.25 bits per heavy atom. The molecule has 0 heterocycles. The summed E-state index contributed by atoms with van der Waals surface area (Å²) in [4.78, 5) is 0. The van der Waals surface area contributed by atoms with E-state index in [0.29, 0.717) is 4.47 Å². The molecule has 1 aromatic carbocycles. The highest BCUT2D eigenvalue weighted by Crippen LogP contribution is 2.54. The molecule has 0 N–H and O–H groups in total. The van der Waals surface area contributed by atoms with E-state index in [1.165, 1.54) is 12.1 Å². The zero-order chi connectivity index (χ0) is 15.2. The Bertz CT molecular complexity index is 463. The zero-order valence-corrected chi connectivity index (χ0v) is 13.6. The third-order valence-corrected chi connectivity index (χ3v) is 4.35. The highest BCUT2D eigenvalue weighted by molar-refractivity contribution is 9.10. The van der Waals surface area contributed by atoms with E-state index in [1.54, 1.807) is 26.0 Å². The third-order valence-electron chi connectivity index (χ3n) is 2.22. The van der Waals surface area contributed by atoms with Gasteiger partial charge in [0.25, 0.3) is 6.43 Å². The molecule has 8 heteroatoms. The lowest BCUT2D eigenvalue weighted by atomic mass is 10.1. The predicted octanol–water partition coefficient (Wildman–Crippen LogP) is 4.95. The normalized spacial score (nSPS) is 13.7. The number of hydrogen-bond acceptors (Lipinski definition) is 4. The third kappa shape index (κ3) is 5.22. The summed E-state index contributed by atoms with van der Waals surface area (Å²) in [5.74, 6) is 0. The fourth-order valence-electron chi connectivity index (χ4n) is 1.49. The minimum atomic E-state index is -4.01. The molecule has 1 rings (SSSR count). The lowest BCUT2D eigenvalue weighted by molar-refractivity contribution is -0.0173. The van der Waals surface area contributed by atoms with Crippen molar-refractivity contribution in [3.8, 4) is 0 Å². The summed E-state index contributed by atoms with van der Waals surface area (Å²) in [6.07, 6.45) is -4.55. The van der Waals surface area contributed by atoms with Crippen LogP contribution in [0.1, 0.15) is 25.5 Å². The molecule has 1 atom stereocenters. The Labute approximate surface area is 125 Å². The van der Waals surface area contributed by atoms with Crippen molar-refractivity contribution >= 4 is 23.8 Å². The van der Waals surface area contributed by atoms with E-state index >= 15 is 0 Å². The van der Waals surface area contributed by atoms with Crippen molar-refractivity contribution in [1.29, 1.82) is 0 Å². The SMILES string of the molecule is CCOP(=O)(OCC)O[C@H](c1cccc(Br)c1)C(F)F. The highest BCUT2D eigenvalue weighted by atomic mass is 79.9. The molecule has 0 aliphatic rings. The predicted molar refractivity (Wildman–Crippen MR) is 74.8 cm³/mol. The molecule has 0 aromatic heterocycles. The standard InChI is InChI=1S/C12H16BrF2O4P/c1-3-17-20(16,18-4-2)19-11(12(14)15)9-6-5-7-10(13)8-9/h5-8,11-12H,3-4H2,1-2H3/t11-/m1/s1. The topological polar surface area (TPSA) is 44.8 Å². The molecular weight excluding hydrogens is 357 g/mol. The van der Waals surface area contributed by atoms with Crippen LogP contribution >= 0.6 is 23.8 Å². The van der Waals surface area contributed by atoms with Gasteiger partial charge in [0.2, 0.25) is 0 Å². The largest absolute Gasteiger partial charge is 0.475 e. The van der Waals surface area contributed by atoms with E-state index in [9.17, 15) is 13.3 Å². The molecule has 0 aliphatic carbocycles. The first-order chi connectivity index (χ1) is 9.41. The second kappa shape index (κ2) is 8.20. The number of hydrogen-bond donors (Lipinski definition) is 0. The molecule has 0 saturated heterocycles. The molecule has 0 radical (unpaired) electrons. The van der Waals surface area contributed by atoms with E-state index in [4.69, 9.17) is 13.6 Å². The Hall–Kier alpha value is -0.330. The number of benzene rings is 1. The first-order valence-corrected chi connectivity index (χ1v) is 8.28. The maximum absolute atomic E-state index is 13.2. The molecule has 0 fully saturated rings. The molecular formula is C12H16BrF2O4P. The van der Waals surface area contributed by atoms with Gasteiger partial charge in [-0.2, -0.15) is 0 Å². The van der Waals surface area contributed by atoms with E-state index in [0.717, 1.165) is 0 Å². The number of phosphoric ester groups is 1. The van der Waals surface area contributed by atoms with Gasteiger partial charge in [0, 0.05) is 4.47 Å². The summed E-state index contributed by atoms with van der Waals surface area (Å²) >= 11 is 3.19. The highest BCUT2D eigenvalue weighted by Gasteiger charge is 2.35. The van der Waals surface area contributed by atoms with E-state index in [1.807, 2.05) is 0 Å². The van der Waals surface area contributed by atoms with Crippen molar-refractivity contribution in [3.05, 3.63) is 34.3 Å². The van der Waals surface area contributed by atoms with Crippen LogP contribution in [0.25, 0.3) is 0 Å². The van der Waals surface area contributed by atoms with Crippen molar-refractivity contribution in [2.24, 2.45) is 0 Å². The summed E-state index contributed by atoms with van der Waals surface area (Å²) in [6, 6.07) is 6.21. The van der Waals surface area contributed by atoms with Gasteiger partial charge >= 0.3 is 7.82 Å². The number of alkyl halides is 2. The van der Waals surface area contributed by atoms with Crippen molar-refractivity contribution in [2.75, 3.05) is 13.2 Å². The van der Waals surface area contributed by atoms with Gasteiger partial charge in [0.1, 0.15) is 0 Å². The average molecular weight is 373 g/mol. The van der Waals surface area contributed by atoms with E-state index < -0.39 is 20.4 Å². The van der Waals surface area contributed by atoms with Crippen LogP contribution in [0.2, 0.25) is 0 Å². The van der Waals surface area contributed by atoms with Crippen LogP contribution in [0.4, 0.5) is 8.78 Å². The molecule has 0 saturated carbocycles. The van der Waals surface area contributed by atoms with Gasteiger partial charge in [-0.25, -0.2) is 13.3 Å². The maximum Gasteiger partial charge on any atom is 0.475 e. The van der Waals surface area contributed by atoms with Crippen molar-refractivity contribution in [3.63, 3.8) is 0 Å². The second-order valence-electron chi connectivity index (χ2n) is 3.70. The van der Waals surface area contributed by atoms with Crippen LogP contribution in [-0.4, -0.2) is 19.6 Å². The molecule has 0 bridgehead atoms. The van der Waals surface area contributed by atoms with Crippen molar-refractivity contribution < 1.29 is 26.9 Å². The smallest absolute Gasteiger partial charge is 0.287 e. The summed E-state index contributed by atoms with van der Waals surface area (Å²) in [6.45, 7) is 3.22. The molecule has 0 aliphatic heterocycles. The van der Waals surface area contributed by atoms with Gasteiger partial charge in [-0.15, -0.1) is 0 Å². The Balaban J connectivity index is 2.99. The quantitative estimate of drug-likeness (QED) is 0.605. The first kappa shape index (κ1) is 17.7. The molecule has 0 amide bonds. The van der Waals surface area contributed by atoms with Crippen LogP contribution in [-0.2, 0) is 18.1 Å². The minimum Gasteiger partial charge on any atom is -0.287 e. The molecule has 20 heavy (non-hydrogen) atoms. The molecule has 4 nitrogen and oxygen atoms in total. The molecule has 0 spiro atoms. The van der Waals surface area contributed by atoms with Crippen LogP contribution in [0, 0.1) is 0 Å². The Kier molecular flexibility index (Phi) is 7.26. The number of rotatable bonds is 8. The summed E-state index contributed by atoms with van der Waals surface area (Å²) in [5.41, 5.74) is 0.189. The monoisotopic (exact) mass is 372 g/mol. The van der Waals surface area contributed by atoms with Gasteiger partial charge in [-0.05, 0) is 31.5 Å². The van der Waals surface area contributed by atoms with Crippen molar-refractivity contribution in [1.82, 2.24) is 0 Å². The number of phosphoric acid groups is 1. The Morgan fingerprint density at radius 3 is 2.30 bits per heavy atom. The van der Waals surface area contributed by atoms with E-state index in [2.05, 4.69) is 15.9 Å². The Morgan fingerprint density at radius 2 is 1.85 bits per heavy atom. The minimum absolute atomic E-state index is 0.0335. The van der Waals surface area contributed by atoms with Crippen LogP contribution in [0.5, 0.6) is 0 Å². The summed E-state index contributed by atoms with van der Waals surface area (Å²) < 4.78 is 53.8. The molecule has 114 valence electrons. The lowest BCUT2D eigenvalue weighted by Gasteiger charge is -2.23. The van der Waals surface area contributed by atoms with Crippen LogP contribution < -0.4 is 0 Å². The summed E-state index contributed by atoms with van der Waals surface area (Å²) in [7, 11) is -4.01. The lowest BCUT2D eigenvalue weighted by Crippen LogP contribution is -2.14. The van der Waals surface area contributed by atoms with E-state index in [-0.39, 0.29) is 18.8 Å². The van der Waals surface area contributed by atoms with Crippen LogP contribution in [0.15, 0.2) is 28.7 Å². The number of halogens is 3.